The number of ether oxygens (including phenoxy) is 1. The van der Waals surface area contributed by atoms with Crippen LogP contribution in [0.2, 0.25) is 0 Å². The highest BCUT2D eigenvalue weighted by Crippen LogP contribution is 2.40. The van der Waals surface area contributed by atoms with Crippen LogP contribution in [0.25, 0.3) is 11.4 Å². The summed E-state index contributed by atoms with van der Waals surface area (Å²) in [4.78, 5) is 22.6. The van der Waals surface area contributed by atoms with Crippen molar-refractivity contribution in [3.05, 3.63) is 71.3 Å². The Balaban J connectivity index is 1.66. The van der Waals surface area contributed by atoms with Crippen LogP contribution >= 0.6 is 0 Å². The fourth-order valence-electron chi connectivity index (χ4n) is 6.20. The molecule has 0 bridgehead atoms. The topological polar surface area (TPSA) is 75.5 Å². The van der Waals surface area contributed by atoms with Crippen molar-refractivity contribution in [1.29, 1.82) is 0 Å². The maximum absolute atomic E-state index is 15.1. The first kappa shape index (κ1) is 31.9. The van der Waals surface area contributed by atoms with Gasteiger partial charge in [-0.05, 0) is 55.2 Å². The molecular formula is C32H40F4N6O2. The number of nitrogens with one attached hydrogen (secondary N) is 1. The summed E-state index contributed by atoms with van der Waals surface area (Å²) >= 11 is 0. The molecule has 12 heteroatoms. The monoisotopic (exact) mass is 616 g/mol. The number of carbonyl (C=O) groups excluding carboxylic acids is 1. The summed E-state index contributed by atoms with van der Waals surface area (Å²) in [6.45, 7) is 11.0. The maximum atomic E-state index is 15.1. The van der Waals surface area contributed by atoms with E-state index in [-0.39, 0.29) is 49.3 Å². The number of alkyl halides is 1. The zero-order valence-electron chi connectivity index (χ0n) is 25.7. The van der Waals surface area contributed by atoms with E-state index in [0.717, 1.165) is 18.2 Å². The Bertz CT molecular complexity index is 1470. The maximum Gasteiger partial charge on any atom is 0.320 e. The Labute approximate surface area is 255 Å². The minimum absolute atomic E-state index is 0.0496. The van der Waals surface area contributed by atoms with E-state index in [1.807, 2.05) is 34.6 Å². The van der Waals surface area contributed by atoms with Crippen molar-refractivity contribution in [2.24, 2.45) is 11.3 Å². The van der Waals surface area contributed by atoms with Crippen LogP contribution in [0.3, 0.4) is 0 Å². The fourth-order valence-corrected chi connectivity index (χ4v) is 6.20. The normalized spacial score (nSPS) is 23.2. The highest BCUT2D eigenvalue weighted by Gasteiger charge is 2.44. The molecule has 2 aromatic carbocycles. The number of nitrogens with zero attached hydrogens (tertiary/aromatic N) is 5. The van der Waals surface area contributed by atoms with Gasteiger partial charge in [0, 0.05) is 38.6 Å². The summed E-state index contributed by atoms with van der Waals surface area (Å²) < 4.78 is 65.9. The van der Waals surface area contributed by atoms with Crippen LogP contribution in [0.1, 0.15) is 52.0 Å². The lowest BCUT2D eigenvalue weighted by Gasteiger charge is -2.45. The number of halogens is 4. The van der Waals surface area contributed by atoms with E-state index in [1.54, 1.807) is 21.9 Å². The van der Waals surface area contributed by atoms with Crippen LogP contribution in [0.4, 0.5) is 22.4 Å². The van der Waals surface area contributed by atoms with Gasteiger partial charge in [-0.1, -0.05) is 32.9 Å². The van der Waals surface area contributed by atoms with Crippen LogP contribution in [0.15, 0.2) is 42.5 Å². The van der Waals surface area contributed by atoms with Gasteiger partial charge in [-0.3, -0.25) is 0 Å². The summed E-state index contributed by atoms with van der Waals surface area (Å²) in [6.07, 6.45) is -1.55. The van der Waals surface area contributed by atoms with Crippen LogP contribution in [0, 0.1) is 28.8 Å². The van der Waals surface area contributed by atoms with E-state index in [0.29, 0.717) is 31.0 Å². The third kappa shape index (κ3) is 7.07. The molecule has 0 aliphatic carbocycles. The molecular weight excluding hydrogens is 576 g/mol. The van der Waals surface area contributed by atoms with Crippen molar-refractivity contribution < 1.29 is 27.1 Å². The molecule has 2 amide bonds. The molecule has 2 aliphatic heterocycles. The first-order chi connectivity index (χ1) is 20.8. The third-order valence-corrected chi connectivity index (χ3v) is 8.09. The quantitative estimate of drug-likeness (QED) is 0.351. The van der Waals surface area contributed by atoms with Gasteiger partial charge in [-0.25, -0.2) is 32.0 Å². The lowest BCUT2D eigenvalue weighted by molar-refractivity contribution is -0.0620. The molecule has 44 heavy (non-hydrogen) atoms. The Hall–Kier alpha value is -3.51. The predicted molar refractivity (Wildman–Crippen MR) is 158 cm³/mol. The van der Waals surface area contributed by atoms with E-state index in [4.69, 9.17) is 9.72 Å². The number of aromatic nitrogens is 3. The smallest absolute Gasteiger partial charge is 0.320 e. The fraction of sp³-hybridized carbons (Fsp3) is 0.531. The number of carbonyl (C=O) groups is 1. The van der Waals surface area contributed by atoms with E-state index >= 15 is 4.39 Å². The predicted octanol–water partition coefficient (Wildman–Crippen LogP) is 5.59. The second kappa shape index (κ2) is 12.8. The summed E-state index contributed by atoms with van der Waals surface area (Å²) in [6, 6.07) is 7.93. The van der Waals surface area contributed by atoms with Crippen LogP contribution in [0.5, 0.6) is 0 Å². The summed E-state index contributed by atoms with van der Waals surface area (Å²) in [5.74, 6) is -2.07. The van der Waals surface area contributed by atoms with Gasteiger partial charge in [0.2, 0.25) is 0 Å². The number of benzene rings is 2. The lowest BCUT2D eigenvalue weighted by Crippen LogP contribution is -2.56. The van der Waals surface area contributed by atoms with Gasteiger partial charge in [0.25, 0.3) is 0 Å². The molecule has 0 spiro atoms. The van der Waals surface area contributed by atoms with E-state index in [1.165, 1.54) is 16.8 Å². The molecule has 0 saturated carbocycles. The molecule has 2 saturated heterocycles. The van der Waals surface area contributed by atoms with E-state index < -0.39 is 41.0 Å². The Morgan fingerprint density at radius 1 is 1.07 bits per heavy atom. The van der Waals surface area contributed by atoms with Gasteiger partial charge in [-0.2, -0.15) is 5.10 Å². The van der Waals surface area contributed by atoms with E-state index in [2.05, 4.69) is 10.4 Å². The molecule has 5 atom stereocenters. The highest BCUT2D eigenvalue weighted by atomic mass is 19.1. The molecule has 0 radical (unpaired) electrons. The number of rotatable bonds is 7. The molecule has 1 aromatic heterocycles. The van der Waals surface area contributed by atoms with Gasteiger partial charge < -0.3 is 19.9 Å². The van der Waals surface area contributed by atoms with Crippen molar-refractivity contribution in [3.8, 4) is 11.4 Å². The number of hydrogen-bond acceptors (Lipinski definition) is 5. The Morgan fingerprint density at radius 3 is 2.41 bits per heavy atom. The largest absolute Gasteiger partial charge is 0.372 e. The standard InChI is InChI=1S/C32H40F4N6O2/c1-19-15-40(16-20(2)44-19)31(43)41(18-22-13-37-14-27(22)36)28(32(3,4)5)30-38-29(25-12-24(34)9-10-26(25)35)39-42(30)17-21-7-6-8-23(33)11-21/h6-12,19-20,22,27-28,37H,13-18H2,1-5H3/t19-,20+,22-,27-,28-/m0/s1. The molecule has 3 aromatic rings. The lowest BCUT2D eigenvalue weighted by atomic mass is 9.84. The molecule has 1 N–H and O–H groups in total. The number of morpholine rings is 1. The van der Waals surface area contributed by atoms with E-state index in [9.17, 15) is 18.0 Å². The second-order valence-corrected chi connectivity index (χ2v) is 13.0. The molecule has 238 valence electrons. The van der Waals surface area contributed by atoms with Crippen molar-refractivity contribution in [1.82, 2.24) is 29.9 Å². The van der Waals surface area contributed by atoms with Crippen LogP contribution in [-0.2, 0) is 11.3 Å². The van der Waals surface area contributed by atoms with Crippen LogP contribution < -0.4 is 5.32 Å². The summed E-state index contributed by atoms with van der Waals surface area (Å²) in [5, 5.41) is 7.66. The zero-order valence-corrected chi connectivity index (χ0v) is 25.7. The summed E-state index contributed by atoms with van der Waals surface area (Å²) in [7, 11) is 0. The molecule has 2 fully saturated rings. The third-order valence-electron chi connectivity index (χ3n) is 8.09. The minimum atomic E-state index is -1.16. The zero-order chi connectivity index (χ0) is 31.8. The van der Waals surface area contributed by atoms with Gasteiger partial charge in [0.1, 0.15) is 23.6 Å². The molecule has 2 aliphatic rings. The highest BCUT2D eigenvalue weighted by molar-refractivity contribution is 5.75. The first-order valence-corrected chi connectivity index (χ1v) is 15.0. The average molecular weight is 617 g/mol. The Kier molecular flexibility index (Phi) is 9.31. The molecule has 3 heterocycles. The average Bonchev–Trinajstić information content (AvgIpc) is 3.53. The van der Waals surface area contributed by atoms with Crippen molar-refractivity contribution in [2.45, 2.75) is 65.6 Å². The van der Waals surface area contributed by atoms with Gasteiger partial charge >= 0.3 is 6.03 Å². The van der Waals surface area contributed by atoms with Crippen LogP contribution in [-0.4, -0.2) is 81.7 Å². The Morgan fingerprint density at radius 2 is 1.77 bits per heavy atom. The molecule has 8 nitrogen and oxygen atoms in total. The minimum Gasteiger partial charge on any atom is -0.372 e. The number of amides is 2. The van der Waals surface area contributed by atoms with Gasteiger partial charge in [0.05, 0.1) is 30.4 Å². The SMILES string of the molecule is C[C@@H]1CN(C(=O)N(C[C@@H]2CNC[C@@H]2F)[C@@H](c2nc(-c3cc(F)ccc3F)nn2Cc2cccc(F)c2)C(C)(C)C)C[C@H](C)O1. The van der Waals surface area contributed by atoms with Crippen molar-refractivity contribution in [2.75, 3.05) is 32.7 Å². The molecule has 5 rings (SSSR count). The van der Waals surface area contributed by atoms with Gasteiger partial charge in [0.15, 0.2) is 11.6 Å². The van der Waals surface area contributed by atoms with Gasteiger partial charge in [-0.15, -0.1) is 0 Å². The number of urea groups is 1. The van der Waals surface area contributed by atoms with Crippen molar-refractivity contribution in [3.63, 3.8) is 0 Å². The first-order valence-electron chi connectivity index (χ1n) is 15.0. The summed E-state index contributed by atoms with van der Waals surface area (Å²) in [5.41, 5.74) is -0.261. The molecule has 0 unspecified atom stereocenters. The number of hydrogen-bond donors (Lipinski definition) is 1. The second-order valence-electron chi connectivity index (χ2n) is 13.0. The van der Waals surface area contributed by atoms with Crippen molar-refractivity contribution >= 4 is 6.03 Å².